The number of hydrogen-bond donors (Lipinski definition) is 1. The average molecular weight is 380 g/mol. The highest BCUT2D eigenvalue weighted by Crippen LogP contribution is 2.21. The van der Waals surface area contributed by atoms with Gasteiger partial charge in [0.1, 0.15) is 11.5 Å². The van der Waals surface area contributed by atoms with Crippen LogP contribution in [-0.2, 0) is 6.54 Å². The van der Waals surface area contributed by atoms with Gasteiger partial charge in [-0.1, -0.05) is 0 Å². The van der Waals surface area contributed by atoms with E-state index in [-0.39, 0.29) is 6.03 Å². The predicted octanol–water partition coefficient (Wildman–Crippen LogP) is 3.58. The Morgan fingerprint density at radius 3 is 2.73 bits per heavy atom. The summed E-state index contributed by atoms with van der Waals surface area (Å²) < 4.78 is 5.68. The van der Waals surface area contributed by atoms with Crippen LogP contribution in [0.5, 0.6) is 0 Å². The molecule has 1 atom stereocenters. The number of likely N-dealkylation sites (tertiary alicyclic amines) is 2. The van der Waals surface area contributed by atoms with Crippen LogP contribution >= 0.6 is 11.8 Å². The van der Waals surface area contributed by atoms with Gasteiger partial charge >= 0.3 is 6.03 Å². The normalized spacial score (nSPS) is 22.5. The van der Waals surface area contributed by atoms with Gasteiger partial charge in [-0.3, -0.25) is 4.90 Å². The van der Waals surface area contributed by atoms with Crippen LogP contribution in [0.2, 0.25) is 0 Å². The van der Waals surface area contributed by atoms with Crippen molar-refractivity contribution in [3.63, 3.8) is 0 Å². The molecule has 2 amide bonds. The van der Waals surface area contributed by atoms with Crippen LogP contribution in [0.4, 0.5) is 4.79 Å². The summed E-state index contributed by atoms with van der Waals surface area (Å²) >= 11 is 1.89. The van der Waals surface area contributed by atoms with Crippen LogP contribution in [0.15, 0.2) is 16.5 Å². The van der Waals surface area contributed by atoms with Crippen molar-refractivity contribution in [2.24, 2.45) is 11.8 Å². The van der Waals surface area contributed by atoms with Crippen molar-refractivity contribution in [2.45, 2.75) is 39.2 Å². The molecule has 6 heteroatoms. The van der Waals surface area contributed by atoms with Gasteiger partial charge in [0.15, 0.2) is 0 Å². The van der Waals surface area contributed by atoms with Crippen molar-refractivity contribution in [1.29, 1.82) is 0 Å². The number of amides is 2. The lowest BCUT2D eigenvalue weighted by atomic mass is 9.96. The van der Waals surface area contributed by atoms with Crippen molar-refractivity contribution >= 4 is 17.8 Å². The maximum atomic E-state index is 12.5. The Kier molecular flexibility index (Phi) is 7.32. The minimum Gasteiger partial charge on any atom is -0.465 e. The highest BCUT2D eigenvalue weighted by molar-refractivity contribution is 7.98. The van der Waals surface area contributed by atoms with Gasteiger partial charge in [0.25, 0.3) is 0 Å². The molecule has 0 aromatic carbocycles. The molecule has 1 aromatic heterocycles. The molecule has 1 N–H and O–H groups in total. The lowest BCUT2D eigenvalue weighted by Gasteiger charge is -2.34. The second-order valence-corrected chi connectivity index (χ2v) is 8.74. The number of thioether (sulfide) groups is 1. The quantitative estimate of drug-likeness (QED) is 0.821. The molecule has 146 valence electrons. The Hall–Kier alpha value is -1.14. The largest absolute Gasteiger partial charge is 0.465 e. The Morgan fingerprint density at radius 1 is 1.23 bits per heavy atom. The molecule has 3 rings (SSSR count). The third kappa shape index (κ3) is 5.68. The summed E-state index contributed by atoms with van der Waals surface area (Å²) in [6, 6.07) is 4.25. The predicted molar refractivity (Wildman–Crippen MR) is 108 cm³/mol. The van der Waals surface area contributed by atoms with Crippen molar-refractivity contribution in [1.82, 2.24) is 15.1 Å². The van der Waals surface area contributed by atoms with Crippen molar-refractivity contribution < 1.29 is 9.21 Å². The monoisotopic (exact) mass is 379 g/mol. The molecule has 0 radical (unpaired) electrons. The van der Waals surface area contributed by atoms with E-state index in [1.165, 1.54) is 6.42 Å². The molecule has 3 heterocycles. The van der Waals surface area contributed by atoms with E-state index in [1.54, 1.807) is 0 Å². The molecule has 2 aliphatic rings. The van der Waals surface area contributed by atoms with Gasteiger partial charge in [-0.05, 0) is 81.7 Å². The van der Waals surface area contributed by atoms with Gasteiger partial charge in [-0.25, -0.2) is 4.79 Å². The summed E-state index contributed by atoms with van der Waals surface area (Å²) in [6.07, 6.45) is 6.85. The number of furan rings is 1. The molecular formula is C20H33N3O2S. The number of nitrogens with zero attached hydrogens (tertiary/aromatic N) is 2. The summed E-state index contributed by atoms with van der Waals surface area (Å²) in [5.41, 5.74) is 0. The van der Waals surface area contributed by atoms with E-state index in [0.29, 0.717) is 11.8 Å². The van der Waals surface area contributed by atoms with Crippen LogP contribution in [0.25, 0.3) is 0 Å². The molecule has 2 saturated heterocycles. The van der Waals surface area contributed by atoms with E-state index in [2.05, 4.69) is 22.5 Å². The zero-order chi connectivity index (χ0) is 18.4. The second-order valence-electron chi connectivity index (χ2n) is 7.83. The van der Waals surface area contributed by atoms with Crippen LogP contribution in [0.3, 0.4) is 0 Å². The number of carbonyl (C=O) groups excluding carboxylic acids is 1. The first kappa shape index (κ1) is 19.6. The van der Waals surface area contributed by atoms with Gasteiger partial charge in [-0.15, -0.1) is 0 Å². The molecule has 2 fully saturated rings. The van der Waals surface area contributed by atoms with Gasteiger partial charge in [0.2, 0.25) is 0 Å². The maximum absolute atomic E-state index is 12.5. The Labute approximate surface area is 161 Å². The van der Waals surface area contributed by atoms with Gasteiger partial charge in [0.05, 0.1) is 6.54 Å². The van der Waals surface area contributed by atoms with Crippen molar-refractivity contribution in [3.8, 4) is 0 Å². The Balaban J connectivity index is 1.35. The van der Waals surface area contributed by atoms with E-state index >= 15 is 0 Å². The van der Waals surface area contributed by atoms with Crippen molar-refractivity contribution in [3.05, 3.63) is 23.7 Å². The van der Waals surface area contributed by atoms with Crippen LogP contribution in [0, 0.1) is 18.8 Å². The van der Waals surface area contributed by atoms with Gasteiger partial charge < -0.3 is 14.6 Å². The highest BCUT2D eigenvalue weighted by atomic mass is 32.2. The second kappa shape index (κ2) is 9.70. The minimum atomic E-state index is 0.143. The average Bonchev–Trinajstić information content (AvgIpc) is 3.06. The van der Waals surface area contributed by atoms with Crippen LogP contribution in [-0.4, -0.2) is 60.6 Å². The first-order chi connectivity index (χ1) is 12.6. The minimum absolute atomic E-state index is 0.143. The summed E-state index contributed by atoms with van der Waals surface area (Å²) in [5, 5.41) is 3.20. The number of hydrogen-bond acceptors (Lipinski definition) is 4. The first-order valence-corrected chi connectivity index (χ1v) is 11.3. The maximum Gasteiger partial charge on any atom is 0.317 e. The number of piperidine rings is 2. The van der Waals surface area contributed by atoms with E-state index in [0.717, 1.165) is 75.8 Å². The molecule has 5 nitrogen and oxygen atoms in total. The third-order valence-corrected chi connectivity index (χ3v) is 6.44. The number of aryl methyl sites for hydroxylation is 1. The smallest absolute Gasteiger partial charge is 0.317 e. The van der Waals surface area contributed by atoms with Gasteiger partial charge in [0, 0.05) is 19.6 Å². The fourth-order valence-corrected chi connectivity index (χ4v) is 4.85. The lowest BCUT2D eigenvalue weighted by Crippen LogP contribution is -2.47. The van der Waals surface area contributed by atoms with E-state index in [9.17, 15) is 4.79 Å². The number of urea groups is 1. The fraction of sp³-hybridized carbons (Fsp3) is 0.750. The highest BCUT2D eigenvalue weighted by Gasteiger charge is 2.25. The molecule has 0 spiro atoms. The molecule has 0 saturated carbocycles. The lowest BCUT2D eigenvalue weighted by molar-refractivity contribution is 0.153. The Bertz CT molecular complexity index is 567. The number of nitrogens with one attached hydrogen (secondary N) is 1. The number of rotatable bonds is 6. The first-order valence-electron chi connectivity index (χ1n) is 9.93. The molecular weight excluding hydrogens is 346 g/mol. The summed E-state index contributed by atoms with van der Waals surface area (Å²) in [4.78, 5) is 17.0. The molecule has 0 bridgehead atoms. The molecule has 2 aliphatic heterocycles. The van der Waals surface area contributed by atoms with Gasteiger partial charge in [-0.2, -0.15) is 11.8 Å². The SMILES string of the molecule is CSCC1CCCN(C(=O)NCC2CCN(Cc3ccc(C)o3)CC2)C1. The Morgan fingerprint density at radius 2 is 2.04 bits per heavy atom. The van der Waals surface area contributed by atoms with Crippen molar-refractivity contribution in [2.75, 3.05) is 44.7 Å². The summed E-state index contributed by atoms with van der Waals surface area (Å²) in [6.45, 7) is 7.71. The molecule has 26 heavy (non-hydrogen) atoms. The summed E-state index contributed by atoms with van der Waals surface area (Å²) in [5.74, 6) is 4.46. The molecule has 0 aliphatic carbocycles. The third-order valence-electron chi connectivity index (χ3n) is 5.63. The standard InChI is InChI=1S/C20H33N3O2S/c1-16-5-6-19(25-16)14-22-10-7-17(8-11-22)12-21-20(24)23-9-3-4-18(13-23)15-26-2/h5-6,17-18H,3-4,7-15H2,1-2H3,(H,21,24). The number of carbonyl (C=O) groups is 1. The zero-order valence-corrected chi connectivity index (χ0v) is 17.0. The molecule has 1 aromatic rings. The van der Waals surface area contributed by atoms with Crippen LogP contribution < -0.4 is 5.32 Å². The van der Waals surface area contributed by atoms with E-state index < -0.39 is 0 Å². The fourth-order valence-electron chi connectivity index (χ4n) is 4.10. The van der Waals surface area contributed by atoms with E-state index in [4.69, 9.17) is 4.42 Å². The topological polar surface area (TPSA) is 48.7 Å². The van der Waals surface area contributed by atoms with E-state index in [1.807, 2.05) is 29.7 Å². The molecule has 1 unspecified atom stereocenters. The summed E-state index contributed by atoms with van der Waals surface area (Å²) in [7, 11) is 0. The van der Waals surface area contributed by atoms with Crippen LogP contribution in [0.1, 0.15) is 37.2 Å². The zero-order valence-electron chi connectivity index (χ0n) is 16.2.